The van der Waals surface area contributed by atoms with Crippen molar-refractivity contribution in [3.05, 3.63) is 29.6 Å². The third-order valence-corrected chi connectivity index (χ3v) is 3.22. The van der Waals surface area contributed by atoms with Crippen LogP contribution in [0.25, 0.3) is 0 Å². The van der Waals surface area contributed by atoms with Crippen molar-refractivity contribution >= 4 is 5.91 Å². The summed E-state index contributed by atoms with van der Waals surface area (Å²) in [6.45, 7) is 2.09. The van der Waals surface area contributed by atoms with Gasteiger partial charge in [-0.05, 0) is 36.5 Å². The minimum atomic E-state index is -0.703. The van der Waals surface area contributed by atoms with Gasteiger partial charge in [-0.15, -0.1) is 0 Å². The van der Waals surface area contributed by atoms with Crippen molar-refractivity contribution in [1.82, 2.24) is 5.32 Å². The van der Waals surface area contributed by atoms with Crippen LogP contribution in [0.5, 0.6) is 5.75 Å². The number of benzene rings is 1. The summed E-state index contributed by atoms with van der Waals surface area (Å²) in [6, 6.07) is 3.98. The van der Waals surface area contributed by atoms with Gasteiger partial charge in [0, 0.05) is 13.2 Å². The van der Waals surface area contributed by atoms with Gasteiger partial charge in [0.1, 0.15) is 0 Å². The van der Waals surface area contributed by atoms with E-state index >= 15 is 0 Å². The summed E-state index contributed by atoms with van der Waals surface area (Å²) in [5.74, 6) is -0.876. The van der Waals surface area contributed by atoms with Crippen LogP contribution in [-0.4, -0.2) is 30.8 Å². The van der Waals surface area contributed by atoms with E-state index in [9.17, 15) is 9.18 Å². The van der Waals surface area contributed by atoms with E-state index in [0.717, 1.165) is 19.4 Å². The average Bonchev–Trinajstić information content (AvgIpc) is 2.42. The largest absolute Gasteiger partial charge is 0.505 e. The lowest BCUT2D eigenvalue weighted by Gasteiger charge is -2.22. The number of ether oxygens (including phenoxy) is 1. The van der Waals surface area contributed by atoms with Gasteiger partial charge in [0.05, 0.1) is 13.0 Å². The molecule has 104 valence electrons. The Bertz CT molecular complexity index is 444. The summed E-state index contributed by atoms with van der Waals surface area (Å²) in [6.07, 6.45) is 2.21. The van der Waals surface area contributed by atoms with Crippen LogP contribution in [-0.2, 0) is 16.0 Å². The van der Waals surface area contributed by atoms with Crippen LogP contribution in [0, 0.1) is 11.7 Å². The highest BCUT2D eigenvalue weighted by Crippen LogP contribution is 2.16. The normalized spacial score (nSPS) is 19.1. The number of phenols is 1. The van der Waals surface area contributed by atoms with E-state index in [4.69, 9.17) is 9.84 Å². The Kier molecular flexibility index (Phi) is 4.74. The van der Waals surface area contributed by atoms with E-state index in [0.29, 0.717) is 24.6 Å². The summed E-state index contributed by atoms with van der Waals surface area (Å²) in [7, 11) is 0. The first kappa shape index (κ1) is 13.8. The van der Waals surface area contributed by atoms with Crippen molar-refractivity contribution in [2.75, 3.05) is 19.8 Å². The molecule has 1 aliphatic heterocycles. The van der Waals surface area contributed by atoms with Crippen LogP contribution in [0.1, 0.15) is 18.4 Å². The number of phenolic OH excluding ortho intramolecular Hbond substituents is 1. The standard InChI is InChI=1S/C14H18FNO3/c15-12-6-10(3-4-13(12)17)7-14(18)16-8-11-2-1-5-19-9-11/h3-4,6,11,17H,1-2,5,7-9H2,(H,16,18)/t11-/m0/s1. The second kappa shape index (κ2) is 6.52. The molecule has 2 rings (SSSR count). The second-order valence-corrected chi connectivity index (χ2v) is 4.85. The summed E-state index contributed by atoms with van der Waals surface area (Å²) in [5, 5.41) is 11.9. The van der Waals surface area contributed by atoms with Crippen LogP contribution in [0.15, 0.2) is 18.2 Å². The van der Waals surface area contributed by atoms with E-state index < -0.39 is 11.6 Å². The Hall–Kier alpha value is -1.62. The van der Waals surface area contributed by atoms with Gasteiger partial charge in [0.25, 0.3) is 0 Å². The van der Waals surface area contributed by atoms with Crippen molar-refractivity contribution in [3.8, 4) is 5.75 Å². The highest BCUT2D eigenvalue weighted by molar-refractivity contribution is 5.78. The molecular weight excluding hydrogens is 249 g/mol. The summed E-state index contributed by atoms with van der Waals surface area (Å²) in [5.41, 5.74) is 0.549. The van der Waals surface area contributed by atoms with E-state index in [2.05, 4.69) is 5.32 Å². The van der Waals surface area contributed by atoms with Crippen LogP contribution >= 0.6 is 0 Å². The molecule has 4 nitrogen and oxygen atoms in total. The Labute approximate surface area is 111 Å². The van der Waals surface area contributed by atoms with E-state index in [1.54, 1.807) is 6.07 Å². The number of hydrogen-bond donors (Lipinski definition) is 2. The predicted octanol–water partition coefficient (Wildman–Crippen LogP) is 1.62. The van der Waals surface area contributed by atoms with Gasteiger partial charge in [0.15, 0.2) is 11.6 Å². The first-order valence-corrected chi connectivity index (χ1v) is 6.47. The number of hydrogen-bond acceptors (Lipinski definition) is 3. The van der Waals surface area contributed by atoms with Crippen molar-refractivity contribution in [2.24, 2.45) is 5.92 Å². The summed E-state index contributed by atoms with van der Waals surface area (Å²) < 4.78 is 18.4. The maximum absolute atomic E-state index is 13.1. The van der Waals surface area contributed by atoms with E-state index in [1.807, 2.05) is 0 Å². The Balaban J connectivity index is 1.78. The van der Waals surface area contributed by atoms with Gasteiger partial charge in [-0.1, -0.05) is 6.07 Å². The minimum absolute atomic E-state index is 0.116. The lowest BCUT2D eigenvalue weighted by atomic mass is 10.0. The predicted molar refractivity (Wildman–Crippen MR) is 68.3 cm³/mol. The molecule has 0 radical (unpaired) electrons. The van der Waals surface area contributed by atoms with Crippen LogP contribution < -0.4 is 5.32 Å². The van der Waals surface area contributed by atoms with Crippen LogP contribution in [0.3, 0.4) is 0 Å². The van der Waals surface area contributed by atoms with Crippen molar-refractivity contribution in [3.63, 3.8) is 0 Å². The second-order valence-electron chi connectivity index (χ2n) is 4.85. The zero-order chi connectivity index (χ0) is 13.7. The van der Waals surface area contributed by atoms with Crippen molar-refractivity contribution < 1.29 is 19.0 Å². The molecule has 0 spiro atoms. The molecule has 1 fully saturated rings. The number of carbonyl (C=O) groups excluding carboxylic acids is 1. The lowest BCUT2D eigenvalue weighted by Crippen LogP contribution is -2.34. The molecule has 0 saturated carbocycles. The molecule has 19 heavy (non-hydrogen) atoms. The zero-order valence-electron chi connectivity index (χ0n) is 10.7. The molecule has 5 heteroatoms. The van der Waals surface area contributed by atoms with Gasteiger partial charge in [-0.2, -0.15) is 0 Å². The number of amides is 1. The van der Waals surface area contributed by atoms with Crippen molar-refractivity contribution in [2.45, 2.75) is 19.3 Å². The molecule has 1 amide bonds. The lowest BCUT2D eigenvalue weighted by molar-refractivity contribution is -0.120. The Morgan fingerprint density at radius 1 is 1.53 bits per heavy atom. The third kappa shape index (κ3) is 4.21. The third-order valence-electron chi connectivity index (χ3n) is 3.22. The zero-order valence-corrected chi connectivity index (χ0v) is 10.7. The van der Waals surface area contributed by atoms with Crippen LogP contribution in [0.4, 0.5) is 4.39 Å². The molecule has 1 aromatic carbocycles. The maximum atomic E-state index is 13.1. The first-order valence-electron chi connectivity index (χ1n) is 6.47. The Morgan fingerprint density at radius 3 is 3.05 bits per heavy atom. The summed E-state index contributed by atoms with van der Waals surface area (Å²) in [4.78, 5) is 11.7. The maximum Gasteiger partial charge on any atom is 0.224 e. The van der Waals surface area contributed by atoms with Gasteiger partial charge in [0.2, 0.25) is 5.91 Å². The molecule has 0 unspecified atom stereocenters. The quantitative estimate of drug-likeness (QED) is 0.871. The molecular formula is C14H18FNO3. The molecule has 0 bridgehead atoms. The highest BCUT2D eigenvalue weighted by atomic mass is 19.1. The topological polar surface area (TPSA) is 58.6 Å². The Morgan fingerprint density at radius 2 is 2.37 bits per heavy atom. The molecule has 2 N–H and O–H groups in total. The van der Waals surface area contributed by atoms with Crippen molar-refractivity contribution in [1.29, 1.82) is 0 Å². The fourth-order valence-electron chi connectivity index (χ4n) is 2.13. The molecule has 1 heterocycles. The monoisotopic (exact) mass is 267 g/mol. The smallest absolute Gasteiger partial charge is 0.224 e. The number of nitrogens with one attached hydrogen (secondary N) is 1. The van der Waals surface area contributed by atoms with Gasteiger partial charge < -0.3 is 15.2 Å². The van der Waals surface area contributed by atoms with Gasteiger partial charge in [-0.25, -0.2) is 4.39 Å². The fraction of sp³-hybridized carbons (Fsp3) is 0.500. The SMILES string of the molecule is O=C(Cc1ccc(O)c(F)c1)NC[C@@H]1CCCOC1. The molecule has 1 aliphatic rings. The molecule has 1 saturated heterocycles. The molecule has 0 aliphatic carbocycles. The first-order chi connectivity index (χ1) is 9.15. The molecule has 1 atom stereocenters. The fourth-order valence-corrected chi connectivity index (χ4v) is 2.13. The number of aromatic hydroxyl groups is 1. The minimum Gasteiger partial charge on any atom is -0.505 e. The van der Waals surface area contributed by atoms with Gasteiger partial charge in [-0.3, -0.25) is 4.79 Å². The van der Waals surface area contributed by atoms with E-state index in [-0.39, 0.29) is 12.3 Å². The summed E-state index contributed by atoms with van der Waals surface area (Å²) >= 11 is 0. The molecule has 1 aromatic rings. The molecule has 0 aromatic heterocycles. The van der Waals surface area contributed by atoms with Gasteiger partial charge >= 0.3 is 0 Å². The van der Waals surface area contributed by atoms with Crippen LogP contribution in [0.2, 0.25) is 0 Å². The number of rotatable bonds is 4. The highest BCUT2D eigenvalue weighted by Gasteiger charge is 2.15. The average molecular weight is 267 g/mol. The number of halogens is 1. The van der Waals surface area contributed by atoms with E-state index in [1.165, 1.54) is 12.1 Å². The number of carbonyl (C=O) groups is 1.